The van der Waals surface area contributed by atoms with E-state index in [0.717, 1.165) is 18.0 Å². The van der Waals surface area contributed by atoms with Crippen molar-refractivity contribution in [3.05, 3.63) is 24.0 Å². The Balaban J connectivity index is 2.78. The summed E-state index contributed by atoms with van der Waals surface area (Å²) in [4.78, 5) is 6.35. The van der Waals surface area contributed by atoms with Crippen LogP contribution in [0.4, 0.5) is 0 Å². The van der Waals surface area contributed by atoms with Gasteiger partial charge in [0.05, 0.1) is 12.3 Å². The minimum Gasteiger partial charge on any atom is -0.492 e. The minimum atomic E-state index is 0.687. The Morgan fingerprint density at radius 1 is 1.46 bits per heavy atom. The number of aromatic nitrogens is 1. The molecule has 0 bridgehead atoms. The lowest BCUT2D eigenvalue weighted by Crippen LogP contribution is -2.13. The summed E-state index contributed by atoms with van der Waals surface area (Å²) >= 11 is 0. The maximum atomic E-state index is 5.45. The number of rotatable bonds is 4. The van der Waals surface area contributed by atoms with Crippen molar-refractivity contribution >= 4 is 0 Å². The van der Waals surface area contributed by atoms with Gasteiger partial charge in [0.1, 0.15) is 5.75 Å². The number of hydrogen-bond acceptors (Lipinski definition) is 3. The average molecular weight is 180 g/mol. The van der Waals surface area contributed by atoms with Gasteiger partial charge in [0.2, 0.25) is 0 Å². The van der Waals surface area contributed by atoms with Crippen LogP contribution < -0.4 is 4.74 Å². The van der Waals surface area contributed by atoms with Crippen LogP contribution >= 0.6 is 0 Å². The topological polar surface area (TPSA) is 25.4 Å². The van der Waals surface area contributed by atoms with E-state index in [9.17, 15) is 0 Å². The molecule has 1 rings (SSSR count). The van der Waals surface area contributed by atoms with Gasteiger partial charge in [0.25, 0.3) is 0 Å². The molecule has 0 saturated carbocycles. The molecule has 1 aromatic heterocycles. The van der Waals surface area contributed by atoms with Crippen molar-refractivity contribution in [2.45, 2.75) is 13.5 Å². The fraction of sp³-hybridized carbons (Fsp3) is 0.500. The van der Waals surface area contributed by atoms with Gasteiger partial charge in [0.15, 0.2) is 0 Å². The predicted octanol–water partition coefficient (Wildman–Crippen LogP) is 1.54. The first kappa shape index (κ1) is 9.99. The van der Waals surface area contributed by atoms with Gasteiger partial charge in [-0.25, -0.2) is 0 Å². The van der Waals surface area contributed by atoms with Crippen molar-refractivity contribution in [3.63, 3.8) is 0 Å². The van der Waals surface area contributed by atoms with Gasteiger partial charge in [-0.05, 0) is 33.2 Å². The zero-order chi connectivity index (χ0) is 9.68. The molecule has 0 radical (unpaired) electrons. The van der Waals surface area contributed by atoms with Crippen LogP contribution in [0.1, 0.15) is 12.6 Å². The number of ether oxygens (including phenoxy) is 1. The van der Waals surface area contributed by atoms with Gasteiger partial charge >= 0.3 is 0 Å². The molecular weight excluding hydrogens is 164 g/mol. The zero-order valence-electron chi connectivity index (χ0n) is 8.45. The van der Waals surface area contributed by atoms with Crippen LogP contribution in [0.3, 0.4) is 0 Å². The summed E-state index contributed by atoms with van der Waals surface area (Å²) in [6.45, 7) is 3.48. The van der Waals surface area contributed by atoms with Gasteiger partial charge in [0, 0.05) is 12.7 Å². The lowest BCUT2D eigenvalue weighted by Gasteiger charge is -2.12. The van der Waals surface area contributed by atoms with Crippen molar-refractivity contribution in [3.8, 4) is 5.75 Å². The molecule has 0 saturated heterocycles. The summed E-state index contributed by atoms with van der Waals surface area (Å²) in [5.74, 6) is 0.888. The molecule has 0 unspecified atom stereocenters. The van der Waals surface area contributed by atoms with Crippen LogP contribution in [0.25, 0.3) is 0 Å². The second kappa shape index (κ2) is 4.82. The van der Waals surface area contributed by atoms with E-state index in [1.54, 1.807) is 6.20 Å². The molecule has 3 heteroatoms. The average Bonchev–Trinajstić information content (AvgIpc) is 2.08. The summed E-state index contributed by atoms with van der Waals surface area (Å²) in [6.07, 6.45) is 1.79. The Morgan fingerprint density at radius 2 is 2.23 bits per heavy atom. The van der Waals surface area contributed by atoms with E-state index < -0.39 is 0 Å². The standard InChI is InChI=1S/C10H16N2O/c1-4-13-10-6-5-7-11-9(10)8-12(2)3/h5-7H,4,8H2,1-3H3. The normalized spacial score (nSPS) is 10.5. The molecule has 0 N–H and O–H groups in total. The van der Waals surface area contributed by atoms with Gasteiger partial charge < -0.3 is 9.64 Å². The molecule has 0 aromatic carbocycles. The van der Waals surface area contributed by atoms with Crippen LogP contribution in [-0.2, 0) is 6.54 Å². The van der Waals surface area contributed by atoms with Crippen molar-refractivity contribution in [1.29, 1.82) is 0 Å². The van der Waals surface area contributed by atoms with E-state index in [2.05, 4.69) is 9.88 Å². The lowest BCUT2D eigenvalue weighted by molar-refractivity contribution is 0.321. The quantitative estimate of drug-likeness (QED) is 0.702. The highest BCUT2D eigenvalue weighted by Crippen LogP contribution is 2.15. The van der Waals surface area contributed by atoms with Crippen LogP contribution in [0.2, 0.25) is 0 Å². The Kier molecular flexibility index (Phi) is 3.71. The summed E-state index contributed by atoms with van der Waals surface area (Å²) < 4.78 is 5.45. The number of hydrogen-bond donors (Lipinski definition) is 0. The maximum absolute atomic E-state index is 5.45. The fourth-order valence-corrected chi connectivity index (χ4v) is 1.13. The Morgan fingerprint density at radius 3 is 2.85 bits per heavy atom. The molecular formula is C10H16N2O. The highest BCUT2D eigenvalue weighted by Gasteiger charge is 2.04. The Hall–Kier alpha value is -1.09. The van der Waals surface area contributed by atoms with Crippen molar-refractivity contribution in [2.24, 2.45) is 0 Å². The Labute approximate surface area is 79.3 Å². The monoisotopic (exact) mass is 180 g/mol. The van der Waals surface area contributed by atoms with Gasteiger partial charge in [-0.1, -0.05) is 0 Å². The lowest BCUT2D eigenvalue weighted by atomic mass is 10.3. The number of nitrogens with zero attached hydrogens (tertiary/aromatic N) is 2. The molecule has 0 spiro atoms. The van der Waals surface area contributed by atoms with Crippen molar-refractivity contribution in [1.82, 2.24) is 9.88 Å². The van der Waals surface area contributed by atoms with Gasteiger partial charge in [-0.2, -0.15) is 0 Å². The number of pyridine rings is 1. The third-order valence-corrected chi connectivity index (χ3v) is 1.61. The molecule has 1 aromatic rings. The molecule has 0 amide bonds. The summed E-state index contributed by atoms with van der Waals surface area (Å²) in [7, 11) is 4.04. The largest absolute Gasteiger partial charge is 0.492 e. The maximum Gasteiger partial charge on any atom is 0.142 e. The highest BCUT2D eigenvalue weighted by atomic mass is 16.5. The van der Waals surface area contributed by atoms with Crippen LogP contribution in [0.5, 0.6) is 5.75 Å². The van der Waals surface area contributed by atoms with Gasteiger partial charge in [-0.3, -0.25) is 4.98 Å². The fourth-order valence-electron chi connectivity index (χ4n) is 1.13. The molecule has 0 fully saturated rings. The Bertz CT molecular complexity index is 261. The molecule has 0 aliphatic carbocycles. The molecule has 3 nitrogen and oxygen atoms in total. The molecule has 1 heterocycles. The first-order valence-corrected chi connectivity index (χ1v) is 4.45. The van der Waals surface area contributed by atoms with Gasteiger partial charge in [-0.15, -0.1) is 0 Å². The van der Waals surface area contributed by atoms with Crippen molar-refractivity contribution < 1.29 is 4.74 Å². The SMILES string of the molecule is CCOc1cccnc1CN(C)C. The summed E-state index contributed by atoms with van der Waals surface area (Å²) in [6, 6.07) is 3.85. The van der Waals surface area contributed by atoms with E-state index in [-0.39, 0.29) is 0 Å². The third kappa shape index (κ3) is 3.03. The molecule has 0 aliphatic heterocycles. The molecule has 0 aliphatic rings. The minimum absolute atomic E-state index is 0.687. The van der Waals surface area contributed by atoms with Crippen LogP contribution in [-0.4, -0.2) is 30.6 Å². The summed E-state index contributed by atoms with van der Waals surface area (Å²) in [5, 5.41) is 0. The second-order valence-electron chi connectivity index (χ2n) is 3.12. The van der Waals surface area contributed by atoms with E-state index in [0.29, 0.717) is 6.61 Å². The van der Waals surface area contributed by atoms with E-state index >= 15 is 0 Å². The molecule has 72 valence electrons. The predicted molar refractivity (Wildman–Crippen MR) is 52.8 cm³/mol. The van der Waals surface area contributed by atoms with E-state index in [4.69, 9.17) is 4.74 Å². The van der Waals surface area contributed by atoms with Crippen molar-refractivity contribution in [2.75, 3.05) is 20.7 Å². The van der Waals surface area contributed by atoms with E-state index in [1.807, 2.05) is 33.2 Å². The molecule has 0 atom stereocenters. The summed E-state index contributed by atoms with van der Waals surface area (Å²) in [5.41, 5.74) is 0.995. The van der Waals surface area contributed by atoms with Crippen LogP contribution in [0.15, 0.2) is 18.3 Å². The molecule has 13 heavy (non-hydrogen) atoms. The van der Waals surface area contributed by atoms with E-state index in [1.165, 1.54) is 0 Å². The smallest absolute Gasteiger partial charge is 0.142 e. The second-order valence-corrected chi connectivity index (χ2v) is 3.12. The first-order chi connectivity index (χ1) is 6.24. The third-order valence-electron chi connectivity index (χ3n) is 1.61. The van der Waals surface area contributed by atoms with Crippen LogP contribution in [0, 0.1) is 0 Å². The highest BCUT2D eigenvalue weighted by molar-refractivity contribution is 5.26. The zero-order valence-corrected chi connectivity index (χ0v) is 8.45. The first-order valence-electron chi connectivity index (χ1n) is 4.45.